The minimum Gasteiger partial charge on any atom is -0.312 e. The summed E-state index contributed by atoms with van der Waals surface area (Å²) in [6, 6.07) is 8.63. The molecule has 1 aromatic rings. The maximum Gasteiger partial charge on any atom is 0.0205 e. The van der Waals surface area contributed by atoms with Crippen molar-refractivity contribution in [2.24, 2.45) is 0 Å². The summed E-state index contributed by atoms with van der Waals surface area (Å²) in [5.74, 6) is 0. The van der Waals surface area contributed by atoms with Gasteiger partial charge < -0.3 is 5.32 Å². The summed E-state index contributed by atoms with van der Waals surface area (Å²) in [7, 11) is 0. The molecule has 0 heterocycles. The van der Waals surface area contributed by atoms with Gasteiger partial charge in [0.25, 0.3) is 0 Å². The van der Waals surface area contributed by atoms with E-state index in [1.807, 2.05) is 0 Å². The van der Waals surface area contributed by atoms with Crippen molar-refractivity contribution < 1.29 is 0 Å². The molecular formula is C12H16IN. The van der Waals surface area contributed by atoms with Gasteiger partial charge in [-0.05, 0) is 60.2 Å². The van der Waals surface area contributed by atoms with Crippen LogP contribution in [0.25, 0.3) is 0 Å². The lowest BCUT2D eigenvalue weighted by atomic mass is 10.2. The Bertz CT molecular complexity index is 277. The minimum absolute atomic E-state index is 0.967. The van der Waals surface area contributed by atoms with Crippen molar-refractivity contribution in [2.75, 3.05) is 6.54 Å². The maximum atomic E-state index is 3.40. The van der Waals surface area contributed by atoms with Gasteiger partial charge in [-0.15, -0.1) is 0 Å². The van der Waals surface area contributed by atoms with Crippen LogP contribution in [0.5, 0.6) is 0 Å². The quantitative estimate of drug-likeness (QED) is 0.499. The molecule has 0 bridgehead atoms. The van der Waals surface area contributed by atoms with Gasteiger partial charge in [0.15, 0.2) is 0 Å². The van der Waals surface area contributed by atoms with Crippen LogP contribution in [-0.4, -0.2) is 6.54 Å². The average Bonchev–Trinajstić information content (AvgIpc) is 2.21. The molecule has 1 rings (SSSR count). The van der Waals surface area contributed by atoms with Crippen LogP contribution >= 0.6 is 22.6 Å². The Morgan fingerprint density at radius 3 is 2.64 bits per heavy atom. The van der Waals surface area contributed by atoms with Gasteiger partial charge >= 0.3 is 0 Å². The molecule has 0 aliphatic rings. The predicted octanol–water partition coefficient (Wildman–Crippen LogP) is 3.35. The van der Waals surface area contributed by atoms with Crippen LogP contribution in [0.2, 0.25) is 0 Å². The van der Waals surface area contributed by atoms with E-state index in [1.165, 1.54) is 9.13 Å². The van der Waals surface area contributed by atoms with Gasteiger partial charge in [0.2, 0.25) is 0 Å². The lowest BCUT2D eigenvalue weighted by Crippen LogP contribution is -2.13. The first-order valence-corrected chi connectivity index (χ1v) is 5.97. The van der Waals surface area contributed by atoms with E-state index in [0.29, 0.717) is 0 Å². The van der Waals surface area contributed by atoms with Gasteiger partial charge in [-0.25, -0.2) is 0 Å². The number of hydrogen-bond acceptors (Lipinski definition) is 1. The normalized spacial score (nSPS) is 11.0. The summed E-state index contributed by atoms with van der Waals surface area (Å²) in [5.41, 5.74) is 1.35. The monoisotopic (exact) mass is 301 g/mol. The van der Waals surface area contributed by atoms with Crippen LogP contribution in [-0.2, 0) is 6.54 Å². The minimum atomic E-state index is 0.967. The molecular weight excluding hydrogens is 285 g/mol. The number of hydrogen-bond donors (Lipinski definition) is 1. The number of benzene rings is 1. The largest absolute Gasteiger partial charge is 0.312 e. The van der Waals surface area contributed by atoms with E-state index < -0.39 is 0 Å². The molecule has 0 amide bonds. The van der Waals surface area contributed by atoms with E-state index in [-0.39, 0.29) is 0 Å². The number of nitrogens with one attached hydrogen (secondary N) is 1. The van der Waals surface area contributed by atoms with E-state index >= 15 is 0 Å². The van der Waals surface area contributed by atoms with Crippen LogP contribution in [0, 0.1) is 3.57 Å². The molecule has 1 aromatic carbocycles. The number of halogens is 1. The Morgan fingerprint density at radius 1 is 1.29 bits per heavy atom. The van der Waals surface area contributed by atoms with Gasteiger partial charge in [0.1, 0.15) is 0 Å². The highest BCUT2D eigenvalue weighted by atomic mass is 127. The van der Waals surface area contributed by atoms with Crippen LogP contribution in [0.4, 0.5) is 0 Å². The van der Waals surface area contributed by atoms with Crippen molar-refractivity contribution in [1.29, 1.82) is 0 Å². The first-order valence-electron chi connectivity index (χ1n) is 4.89. The van der Waals surface area contributed by atoms with E-state index in [4.69, 9.17) is 0 Å². The zero-order chi connectivity index (χ0) is 10.2. The molecule has 1 N–H and O–H groups in total. The van der Waals surface area contributed by atoms with E-state index in [2.05, 4.69) is 71.2 Å². The maximum absolute atomic E-state index is 3.40. The second kappa shape index (κ2) is 7.01. The Morgan fingerprint density at radius 2 is 2.00 bits per heavy atom. The number of rotatable bonds is 5. The highest BCUT2D eigenvalue weighted by Crippen LogP contribution is 2.06. The van der Waals surface area contributed by atoms with Gasteiger partial charge in [0, 0.05) is 10.1 Å². The average molecular weight is 301 g/mol. The van der Waals surface area contributed by atoms with Gasteiger partial charge in [0.05, 0.1) is 0 Å². The Kier molecular flexibility index (Phi) is 5.87. The lowest BCUT2D eigenvalue weighted by molar-refractivity contribution is 0.695. The third-order valence-electron chi connectivity index (χ3n) is 1.97. The molecule has 14 heavy (non-hydrogen) atoms. The Labute approximate surface area is 99.7 Å². The lowest BCUT2D eigenvalue weighted by Gasteiger charge is -2.02. The summed E-state index contributed by atoms with van der Waals surface area (Å²) < 4.78 is 1.29. The third-order valence-corrected chi connectivity index (χ3v) is 2.69. The van der Waals surface area contributed by atoms with Gasteiger partial charge in [-0.2, -0.15) is 0 Å². The van der Waals surface area contributed by atoms with Crippen LogP contribution in [0.15, 0.2) is 36.4 Å². The molecule has 0 saturated heterocycles. The van der Waals surface area contributed by atoms with Crippen molar-refractivity contribution in [3.8, 4) is 0 Å². The summed E-state index contributed by atoms with van der Waals surface area (Å²) in [4.78, 5) is 0. The SMILES string of the molecule is C/C=C/CCNCc1ccc(I)cc1. The molecule has 0 fully saturated rings. The van der Waals surface area contributed by atoms with Crippen molar-refractivity contribution >= 4 is 22.6 Å². The predicted molar refractivity (Wildman–Crippen MR) is 70.3 cm³/mol. The Balaban J connectivity index is 2.21. The molecule has 0 unspecified atom stereocenters. The molecule has 0 radical (unpaired) electrons. The zero-order valence-corrected chi connectivity index (χ0v) is 10.6. The highest BCUT2D eigenvalue weighted by molar-refractivity contribution is 14.1. The fraction of sp³-hybridized carbons (Fsp3) is 0.333. The highest BCUT2D eigenvalue weighted by Gasteiger charge is 1.91. The van der Waals surface area contributed by atoms with Crippen molar-refractivity contribution in [1.82, 2.24) is 5.32 Å². The topological polar surface area (TPSA) is 12.0 Å². The van der Waals surface area contributed by atoms with Crippen LogP contribution < -0.4 is 5.32 Å². The molecule has 0 saturated carbocycles. The third kappa shape index (κ3) is 4.77. The first-order chi connectivity index (χ1) is 6.83. The van der Waals surface area contributed by atoms with Crippen molar-refractivity contribution in [3.63, 3.8) is 0 Å². The molecule has 0 atom stereocenters. The van der Waals surface area contributed by atoms with Gasteiger partial charge in [-0.3, -0.25) is 0 Å². The molecule has 0 spiro atoms. The summed E-state index contributed by atoms with van der Waals surface area (Å²) in [6.07, 6.45) is 5.38. The van der Waals surface area contributed by atoms with Gasteiger partial charge in [-0.1, -0.05) is 24.3 Å². The summed E-state index contributed by atoms with van der Waals surface area (Å²) in [5, 5.41) is 3.40. The standard InChI is InChI=1S/C12H16IN/c1-2-3-4-9-14-10-11-5-7-12(13)8-6-11/h2-3,5-8,14H,4,9-10H2,1H3/b3-2+. The van der Waals surface area contributed by atoms with E-state index in [9.17, 15) is 0 Å². The zero-order valence-electron chi connectivity index (χ0n) is 8.46. The first kappa shape index (κ1) is 11.7. The fourth-order valence-corrected chi connectivity index (χ4v) is 1.55. The van der Waals surface area contributed by atoms with Crippen LogP contribution in [0.3, 0.4) is 0 Å². The second-order valence-electron chi connectivity index (χ2n) is 3.16. The summed E-state index contributed by atoms with van der Waals surface area (Å²) >= 11 is 2.32. The smallest absolute Gasteiger partial charge is 0.0205 e. The van der Waals surface area contributed by atoms with E-state index in [1.54, 1.807) is 0 Å². The van der Waals surface area contributed by atoms with Crippen LogP contribution in [0.1, 0.15) is 18.9 Å². The molecule has 0 aromatic heterocycles. The molecule has 1 nitrogen and oxygen atoms in total. The van der Waals surface area contributed by atoms with E-state index in [0.717, 1.165) is 19.5 Å². The second-order valence-corrected chi connectivity index (χ2v) is 4.41. The Hall–Kier alpha value is -0.350. The molecule has 0 aliphatic heterocycles. The fourth-order valence-electron chi connectivity index (χ4n) is 1.19. The van der Waals surface area contributed by atoms with Crippen molar-refractivity contribution in [2.45, 2.75) is 19.9 Å². The van der Waals surface area contributed by atoms with Crippen molar-refractivity contribution in [3.05, 3.63) is 45.6 Å². The molecule has 76 valence electrons. The molecule has 0 aliphatic carbocycles. The number of allylic oxidation sites excluding steroid dienone is 1. The molecule has 2 heteroatoms. The summed E-state index contributed by atoms with van der Waals surface area (Å²) in [6.45, 7) is 4.07.